The van der Waals surface area contributed by atoms with Gasteiger partial charge in [-0.25, -0.2) is 9.59 Å². The minimum atomic E-state index is -0.890. The fraction of sp³-hybridized carbons (Fsp3) is 0.500. The molecule has 1 aromatic carbocycles. The van der Waals surface area contributed by atoms with Crippen molar-refractivity contribution < 1.29 is 18.7 Å². The summed E-state index contributed by atoms with van der Waals surface area (Å²) in [6.45, 7) is 10.8. The van der Waals surface area contributed by atoms with Crippen molar-refractivity contribution in [1.82, 2.24) is 10.2 Å². The van der Waals surface area contributed by atoms with Crippen molar-refractivity contribution >= 4 is 22.9 Å². The van der Waals surface area contributed by atoms with E-state index in [9.17, 15) is 14.4 Å². The van der Waals surface area contributed by atoms with E-state index < -0.39 is 23.7 Å². The zero-order chi connectivity index (χ0) is 21.7. The van der Waals surface area contributed by atoms with Gasteiger partial charge in [-0.05, 0) is 58.7 Å². The van der Waals surface area contributed by atoms with E-state index in [4.69, 9.17) is 9.15 Å². The van der Waals surface area contributed by atoms with Gasteiger partial charge in [0.15, 0.2) is 6.10 Å². The van der Waals surface area contributed by atoms with Crippen LogP contribution in [0.5, 0.6) is 5.75 Å². The van der Waals surface area contributed by atoms with Crippen molar-refractivity contribution in [1.29, 1.82) is 0 Å². The largest absolute Gasteiger partial charge is 0.481 e. The van der Waals surface area contributed by atoms with Crippen LogP contribution in [0.1, 0.15) is 53.5 Å². The average molecular weight is 402 g/mol. The third-order valence-electron chi connectivity index (χ3n) is 4.37. The molecule has 0 bridgehead atoms. The standard InChI is InChI=1S/C22H30N2O5/c1-7-8-16-11-20(25)29-19-12-17(9-10-18(16)19)28-15(6)21(26)24(14(4)5)22(27)23-13(2)3/h9-15H,7-8H2,1-6H3,(H,23,27). The first-order valence-corrected chi connectivity index (χ1v) is 10.0. The number of benzene rings is 1. The molecule has 7 heteroatoms. The summed E-state index contributed by atoms with van der Waals surface area (Å²) in [4.78, 5) is 38.2. The summed E-state index contributed by atoms with van der Waals surface area (Å²) >= 11 is 0. The highest BCUT2D eigenvalue weighted by atomic mass is 16.5. The number of ether oxygens (including phenoxy) is 1. The fourth-order valence-electron chi connectivity index (χ4n) is 3.12. The number of nitrogens with one attached hydrogen (secondary N) is 1. The summed E-state index contributed by atoms with van der Waals surface area (Å²) in [5, 5.41) is 3.58. The number of hydrogen-bond acceptors (Lipinski definition) is 5. The Kier molecular flexibility index (Phi) is 7.42. The van der Waals surface area contributed by atoms with Gasteiger partial charge in [-0.2, -0.15) is 0 Å². The van der Waals surface area contributed by atoms with Gasteiger partial charge in [0.05, 0.1) is 0 Å². The molecule has 1 N–H and O–H groups in total. The molecule has 2 aromatic rings. The Hall–Kier alpha value is -2.83. The molecule has 1 atom stereocenters. The van der Waals surface area contributed by atoms with Crippen LogP contribution in [0.2, 0.25) is 0 Å². The molecule has 1 unspecified atom stereocenters. The molecular weight excluding hydrogens is 372 g/mol. The van der Waals surface area contributed by atoms with Crippen LogP contribution in [0.25, 0.3) is 11.0 Å². The third-order valence-corrected chi connectivity index (χ3v) is 4.37. The molecular formula is C22H30N2O5. The van der Waals surface area contributed by atoms with Crippen LogP contribution in [-0.2, 0) is 11.2 Å². The minimum Gasteiger partial charge on any atom is -0.481 e. The molecule has 3 amide bonds. The lowest BCUT2D eigenvalue weighted by Gasteiger charge is -2.28. The maximum absolute atomic E-state index is 12.8. The van der Waals surface area contributed by atoms with E-state index in [-0.39, 0.29) is 12.1 Å². The summed E-state index contributed by atoms with van der Waals surface area (Å²) in [7, 11) is 0. The van der Waals surface area contributed by atoms with Gasteiger partial charge in [0.1, 0.15) is 11.3 Å². The van der Waals surface area contributed by atoms with E-state index >= 15 is 0 Å². The first-order valence-electron chi connectivity index (χ1n) is 10.0. The van der Waals surface area contributed by atoms with Crippen molar-refractivity contribution in [3.8, 4) is 5.75 Å². The van der Waals surface area contributed by atoms with Crippen LogP contribution in [-0.4, -0.2) is 35.0 Å². The summed E-state index contributed by atoms with van der Waals surface area (Å²) in [6.07, 6.45) is 0.787. The Morgan fingerprint density at radius 2 is 1.83 bits per heavy atom. The highest BCUT2D eigenvalue weighted by Crippen LogP contribution is 2.24. The first kappa shape index (κ1) is 22.5. The highest BCUT2D eigenvalue weighted by molar-refractivity contribution is 5.97. The fourth-order valence-corrected chi connectivity index (χ4v) is 3.12. The molecule has 0 aliphatic carbocycles. The smallest absolute Gasteiger partial charge is 0.336 e. The first-order chi connectivity index (χ1) is 13.6. The van der Waals surface area contributed by atoms with Crippen molar-refractivity contribution in [2.24, 2.45) is 0 Å². The molecule has 0 fully saturated rings. The van der Waals surface area contributed by atoms with Crippen molar-refractivity contribution in [3.63, 3.8) is 0 Å². The van der Waals surface area contributed by atoms with Crippen LogP contribution in [0.4, 0.5) is 4.79 Å². The number of hydrogen-bond donors (Lipinski definition) is 1. The summed E-state index contributed by atoms with van der Waals surface area (Å²) < 4.78 is 11.1. The number of fused-ring (bicyclic) bond motifs is 1. The molecule has 0 spiro atoms. The van der Waals surface area contributed by atoms with E-state index in [1.165, 1.54) is 6.07 Å². The van der Waals surface area contributed by atoms with Crippen LogP contribution < -0.4 is 15.7 Å². The average Bonchev–Trinajstić information content (AvgIpc) is 2.60. The number of rotatable bonds is 7. The molecule has 0 saturated carbocycles. The lowest BCUT2D eigenvalue weighted by Crippen LogP contribution is -2.53. The Morgan fingerprint density at radius 3 is 2.41 bits per heavy atom. The number of aryl methyl sites for hydroxylation is 1. The Balaban J connectivity index is 2.25. The number of amides is 3. The lowest BCUT2D eigenvalue weighted by atomic mass is 10.1. The zero-order valence-electron chi connectivity index (χ0n) is 17.9. The van der Waals surface area contributed by atoms with Crippen LogP contribution in [0, 0.1) is 0 Å². The van der Waals surface area contributed by atoms with Crippen LogP contribution >= 0.6 is 0 Å². The maximum atomic E-state index is 12.8. The molecule has 1 heterocycles. The van der Waals surface area contributed by atoms with E-state index in [1.807, 2.05) is 26.8 Å². The van der Waals surface area contributed by atoms with Gasteiger partial charge in [0, 0.05) is 29.6 Å². The van der Waals surface area contributed by atoms with Gasteiger partial charge in [-0.15, -0.1) is 0 Å². The van der Waals surface area contributed by atoms with Gasteiger partial charge in [-0.1, -0.05) is 13.3 Å². The van der Waals surface area contributed by atoms with Gasteiger partial charge < -0.3 is 14.5 Å². The van der Waals surface area contributed by atoms with Gasteiger partial charge >= 0.3 is 11.7 Å². The second kappa shape index (κ2) is 9.58. The third kappa shape index (κ3) is 5.59. The highest BCUT2D eigenvalue weighted by Gasteiger charge is 2.30. The van der Waals surface area contributed by atoms with Crippen LogP contribution in [0.15, 0.2) is 33.5 Å². The van der Waals surface area contributed by atoms with Gasteiger partial charge in [-0.3, -0.25) is 9.69 Å². The van der Waals surface area contributed by atoms with Crippen molar-refractivity contribution in [3.05, 3.63) is 40.2 Å². The van der Waals surface area contributed by atoms with Gasteiger partial charge in [0.2, 0.25) is 0 Å². The minimum absolute atomic E-state index is 0.0894. The van der Waals surface area contributed by atoms with Crippen LogP contribution in [0.3, 0.4) is 0 Å². The molecule has 0 aliphatic heterocycles. The molecule has 7 nitrogen and oxygen atoms in total. The summed E-state index contributed by atoms with van der Waals surface area (Å²) in [5.41, 5.74) is 0.917. The molecule has 1 aromatic heterocycles. The quantitative estimate of drug-likeness (QED) is 0.710. The molecule has 0 radical (unpaired) electrons. The van der Waals surface area contributed by atoms with Crippen molar-refractivity contribution in [2.45, 2.75) is 72.6 Å². The lowest BCUT2D eigenvalue weighted by molar-refractivity contribution is -0.136. The van der Waals surface area contributed by atoms with E-state index in [1.54, 1.807) is 32.9 Å². The molecule has 0 aliphatic rings. The predicted molar refractivity (Wildman–Crippen MR) is 112 cm³/mol. The summed E-state index contributed by atoms with van der Waals surface area (Å²) in [6, 6.07) is 5.80. The molecule has 2 rings (SSSR count). The Bertz CT molecular complexity index is 932. The molecule has 29 heavy (non-hydrogen) atoms. The number of imide groups is 1. The summed E-state index contributed by atoms with van der Waals surface area (Å²) in [5.74, 6) is -0.0532. The maximum Gasteiger partial charge on any atom is 0.336 e. The number of urea groups is 1. The molecule has 158 valence electrons. The number of carbonyl (C=O) groups excluding carboxylic acids is 2. The van der Waals surface area contributed by atoms with E-state index in [2.05, 4.69) is 5.32 Å². The zero-order valence-corrected chi connectivity index (χ0v) is 17.9. The second-order valence-electron chi connectivity index (χ2n) is 7.66. The predicted octanol–water partition coefficient (Wildman–Crippen LogP) is 3.87. The normalized spacial score (nSPS) is 12.3. The Morgan fingerprint density at radius 1 is 1.14 bits per heavy atom. The van der Waals surface area contributed by atoms with Gasteiger partial charge in [0.25, 0.3) is 5.91 Å². The number of carbonyl (C=O) groups is 2. The SMILES string of the molecule is CCCc1cc(=O)oc2cc(OC(C)C(=O)N(C(=O)NC(C)C)C(C)C)ccc12. The number of nitrogens with zero attached hydrogens (tertiary/aromatic N) is 1. The second-order valence-corrected chi connectivity index (χ2v) is 7.66. The Labute approximate surface area is 171 Å². The van der Waals surface area contributed by atoms with E-state index in [0.29, 0.717) is 11.3 Å². The monoisotopic (exact) mass is 402 g/mol. The van der Waals surface area contributed by atoms with Crippen molar-refractivity contribution in [2.75, 3.05) is 0 Å². The van der Waals surface area contributed by atoms with E-state index in [0.717, 1.165) is 28.7 Å². The topological polar surface area (TPSA) is 88.8 Å². The molecule has 0 saturated heterocycles.